The maximum atomic E-state index is 11.8. The van der Waals surface area contributed by atoms with Crippen molar-refractivity contribution in [2.75, 3.05) is 12.3 Å². The number of unbranched alkanes of at least 4 members (excludes halogenated alkanes) is 13. The van der Waals surface area contributed by atoms with E-state index in [2.05, 4.69) is 6.92 Å². The molecule has 3 N–H and O–H groups in total. The van der Waals surface area contributed by atoms with Crippen molar-refractivity contribution in [1.29, 1.82) is 0 Å². The molecule has 1 aromatic rings. The lowest BCUT2D eigenvalue weighted by Gasteiger charge is -2.09. The molecule has 0 heterocycles. The molecule has 0 bridgehead atoms. The molecular weight excluding hydrogens is 382 g/mol. The number of ether oxygens (including phenoxy) is 2. The number of aromatic carboxylic acids is 1. The Hall–Kier alpha value is -2.24. The number of carboxylic acids is 1. The first-order valence-corrected chi connectivity index (χ1v) is 11.5. The highest BCUT2D eigenvalue weighted by Crippen LogP contribution is 2.24. The maximum Gasteiger partial charge on any atom is 0.513 e. The minimum atomic E-state index is -1.25. The number of carboxylic acid groups (broad SMARTS) is 1. The van der Waals surface area contributed by atoms with Gasteiger partial charge in [-0.3, -0.25) is 0 Å². The minimum absolute atomic E-state index is 0.0415. The van der Waals surface area contributed by atoms with Crippen molar-refractivity contribution in [2.24, 2.45) is 0 Å². The summed E-state index contributed by atoms with van der Waals surface area (Å²) in [7, 11) is 0. The first-order chi connectivity index (χ1) is 14.6. The summed E-state index contributed by atoms with van der Waals surface area (Å²) in [5, 5.41) is 9.16. The van der Waals surface area contributed by atoms with Gasteiger partial charge in [-0.2, -0.15) is 0 Å². The molecule has 6 nitrogen and oxygen atoms in total. The van der Waals surface area contributed by atoms with Crippen LogP contribution >= 0.6 is 0 Å². The third kappa shape index (κ3) is 11.7. The quantitative estimate of drug-likeness (QED) is 0.122. The van der Waals surface area contributed by atoms with Crippen LogP contribution < -0.4 is 10.5 Å². The van der Waals surface area contributed by atoms with Gasteiger partial charge in [-0.05, 0) is 18.6 Å². The van der Waals surface area contributed by atoms with E-state index in [4.69, 9.17) is 20.3 Å². The Morgan fingerprint density at radius 1 is 0.833 bits per heavy atom. The minimum Gasteiger partial charge on any atom is -0.477 e. The number of nitrogen functional groups attached to an aromatic ring is 1. The molecule has 0 aromatic heterocycles. The van der Waals surface area contributed by atoms with E-state index >= 15 is 0 Å². The van der Waals surface area contributed by atoms with E-state index < -0.39 is 12.1 Å². The Morgan fingerprint density at radius 3 is 1.83 bits per heavy atom. The number of nitrogens with two attached hydrogens (primary N) is 1. The lowest BCUT2D eigenvalue weighted by Crippen LogP contribution is -2.14. The van der Waals surface area contributed by atoms with Gasteiger partial charge in [-0.15, -0.1) is 0 Å². The summed E-state index contributed by atoms with van der Waals surface area (Å²) in [5.41, 5.74) is 5.43. The molecular formula is C24H39NO5. The van der Waals surface area contributed by atoms with Gasteiger partial charge in [0.05, 0.1) is 6.61 Å². The van der Waals surface area contributed by atoms with E-state index in [-0.39, 0.29) is 23.6 Å². The molecule has 0 amide bonds. The largest absolute Gasteiger partial charge is 0.513 e. The topological polar surface area (TPSA) is 98.9 Å². The number of carbonyl (C=O) groups excluding carboxylic acids is 1. The van der Waals surface area contributed by atoms with Crippen molar-refractivity contribution in [3.05, 3.63) is 23.8 Å². The number of hydrogen-bond donors (Lipinski definition) is 2. The smallest absolute Gasteiger partial charge is 0.477 e. The third-order valence-electron chi connectivity index (χ3n) is 5.18. The summed E-state index contributed by atoms with van der Waals surface area (Å²) in [6.07, 6.45) is 16.7. The van der Waals surface area contributed by atoms with Gasteiger partial charge < -0.3 is 20.3 Å². The summed E-state index contributed by atoms with van der Waals surface area (Å²) in [4.78, 5) is 23.0. The van der Waals surface area contributed by atoms with Crippen molar-refractivity contribution >= 4 is 17.8 Å². The molecule has 6 heteroatoms. The Balaban J connectivity index is 1.98. The van der Waals surface area contributed by atoms with Gasteiger partial charge in [0.2, 0.25) is 0 Å². The van der Waals surface area contributed by atoms with Crippen LogP contribution in [-0.2, 0) is 4.74 Å². The first kappa shape index (κ1) is 25.8. The number of anilines is 1. The summed E-state index contributed by atoms with van der Waals surface area (Å²) < 4.78 is 10.0. The van der Waals surface area contributed by atoms with E-state index in [0.29, 0.717) is 0 Å². The fourth-order valence-electron chi connectivity index (χ4n) is 3.43. The van der Waals surface area contributed by atoms with Crippen molar-refractivity contribution < 1.29 is 24.2 Å². The first-order valence-electron chi connectivity index (χ1n) is 11.5. The second kappa shape index (κ2) is 16.5. The molecule has 0 fully saturated rings. The van der Waals surface area contributed by atoms with Gasteiger partial charge in [0.1, 0.15) is 5.56 Å². The van der Waals surface area contributed by atoms with Crippen LogP contribution in [0.3, 0.4) is 0 Å². The van der Waals surface area contributed by atoms with E-state index in [9.17, 15) is 9.59 Å². The van der Waals surface area contributed by atoms with Crippen LogP contribution in [0.1, 0.15) is 107 Å². The van der Waals surface area contributed by atoms with Crippen LogP contribution in [0.25, 0.3) is 0 Å². The van der Waals surface area contributed by atoms with Crippen LogP contribution in [0.2, 0.25) is 0 Å². The highest BCUT2D eigenvalue weighted by atomic mass is 16.7. The normalized spacial score (nSPS) is 10.7. The average Bonchev–Trinajstić information content (AvgIpc) is 2.70. The molecule has 1 rings (SSSR count). The lowest BCUT2D eigenvalue weighted by molar-refractivity contribution is 0.0690. The Bertz CT molecular complexity index is 618. The standard InChI is InChI=1S/C24H39NO5/c1-2-3-4-5-6-7-8-9-10-11-12-13-14-15-19-29-24(28)30-21-18-16-17-20(25)22(21)23(26)27/h16-18H,2-15,19,25H2,1H3,(H,26,27). The Morgan fingerprint density at radius 2 is 1.33 bits per heavy atom. The van der Waals surface area contributed by atoms with E-state index in [1.165, 1.54) is 88.8 Å². The molecule has 0 atom stereocenters. The fourth-order valence-corrected chi connectivity index (χ4v) is 3.43. The molecule has 0 spiro atoms. The van der Waals surface area contributed by atoms with Crippen molar-refractivity contribution in [3.63, 3.8) is 0 Å². The molecule has 30 heavy (non-hydrogen) atoms. The van der Waals surface area contributed by atoms with Gasteiger partial charge in [0, 0.05) is 5.69 Å². The second-order valence-electron chi connectivity index (χ2n) is 7.82. The summed E-state index contributed by atoms with van der Waals surface area (Å²) in [5.74, 6) is -1.35. The number of benzene rings is 1. The monoisotopic (exact) mass is 421 g/mol. The van der Waals surface area contributed by atoms with Gasteiger partial charge in [0.25, 0.3) is 0 Å². The maximum absolute atomic E-state index is 11.8. The summed E-state index contributed by atoms with van der Waals surface area (Å²) in [6.45, 7) is 2.52. The zero-order chi connectivity index (χ0) is 22.0. The van der Waals surface area contributed by atoms with Crippen molar-refractivity contribution in [3.8, 4) is 5.75 Å². The molecule has 0 unspecified atom stereocenters. The van der Waals surface area contributed by atoms with Crippen molar-refractivity contribution in [1.82, 2.24) is 0 Å². The molecule has 170 valence electrons. The SMILES string of the molecule is CCCCCCCCCCCCCCCCOC(=O)Oc1cccc(N)c1C(=O)O. The van der Waals surface area contributed by atoms with Crippen molar-refractivity contribution in [2.45, 2.75) is 96.8 Å². The van der Waals surface area contributed by atoms with Gasteiger partial charge in [0.15, 0.2) is 5.75 Å². The molecule has 0 radical (unpaired) electrons. The lowest BCUT2D eigenvalue weighted by atomic mass is 10.0. The van der Waals surface area contributed by atoms with Crippen LogP contribution in [0.15, 0.2) is 18.2 Å². The zero-order valence-electron chi connectivity index (χ0n) is 18.5. The van der Waals surface area contributed by atoms with Crippen LogP contribution in [0, 0.1) is 0 Å². The third-order valence-corrected chi connectivity index (χ3v) is 5.18. The summed E-state index contributed by atoms with van der Waals surface area (Å²) >= 11 is 0. The number of hydrogen-bond acceptors (Lipinski definition) is 5. The number of carbonyl (C=O) groups is 2. The van der Waals surface area contributed by atoms with Gasteiger partial charge in [-0.1, -0.05) is 96.5 Å². The molecule has 0 saturated carbocycles. The Kier molecular flexibility index (Phi) is 14.2. The second-order valence-corrected chi connectivity index (χ2v) is 7.82. The van der Waals surface area contributed by atoms with E-state index in [1.807, 2.05) is 0 Å². The molecule has 0 saturated heterocycles. The molecule has 0 aliphatic heterocycles. The zero-order valence-corrected chi connectivity index (χ0v) is 18.5. The Labute approximate surface area is 181 Å². The molecule has 0 aliphatic carbocycles. The predicted octanol–water partition coefficient (Wildman–Crippen LogP) is 6.96. The van der Waals surface area contributed by atoms with Gasteiger partial charge >= 0.3 is 12.1 Å². The van der Waals surface area contributed by atoms with Crippen LogP contribution in [0.4, 0.5) is 10.5 Å². The number of rotatable bonds is 17. The highest BCUT2D eigenvalue weighted by Gasteiger charge is 2.18. The van der Waals surface area contributed by atoms with E-state index in [1.54, 1.807) is 0 Å². The molecule has 0 aliphatic rings. The molecule has 1 aromatic carbocycles. The van der Waals surface area contributed by atoms with Gasteiger partial charge in [-0.25, -0.2) is 9.59 Å². The van der Waals surface area contributed by atoms with Crippen LogP contribution in [-0.4, -0.2) is 23.8 Å². The average molecular weight is 422 g/mol. The highest BCUT2D eigenvalue weighted by molar-refractivity contribution is 5.97. The fraction of sp³-hybridized carbons (Fsp3) is 0.667. The van der Waals surface area contributed by atoms with E-state index in [0.717, 1.165) is 19.3 Å². The van der Waals surface area contributed by atoms with Crippen LogP contribution in [0.5, 0.6) is 5.75 Å². The summed E-state index contributed by atoms with van der Waals surface area (Å²) in [6, 6.07) is 4.35. The predicted molar refractivity (Wildman–Crippen MR) is 120 cm³/mol.